The van der Waals surface area contributed by atoms with Crippen LogP contribution >= 0.6 is 18.9 Å². The number of hydrogen-bond donors (Lipinski definition) is 2. The first-order chi connectivity index (χ1) is 19.4. The second kappa shape index (κ2) is 10.1. The maximum Gasteiger partial charge on any atom is 0.522 e. The molecule has 0 aliphatic carbocycles. The van der Waals surface area contributed by atoms with Crippen LogP contribution in [0.3, 0.4) is 0 Å². The fourth-order valence-electron chi connectivity index (χ4n) is 5.06. The van der Waals surface area contributed by atoms with Crippen molar-refractivity contribution >= 4 is 47.7 Å². The number of hydrogen-bond acceptors (Lipinski definition) is 9. The number of fused-ring (bicyclic) bond motifs is 3. The lowest BCUT2D eigenvalue weighted by Crippen LogP contribution is -2.37. The third kappa shape index (κ3) is 4.40. The first-order valence-electron chi connectivity index (χ1n) is 12.8. The number of H-pyrrole nitrogens is 1. The summed E-state index contributed by atoms with van der Waals surface area (Å²) in [6.45, 7) is 4.51. The highest BCUT2D eigenvalue weighted by Gasteiger charge is 2.54. The molecule has 0 amide bonds. The largest absolute Gasteiger partial charge is 0.522 e. The first-order valence-corrected chi connectivity index (χ1v) is 15.8. The van der Waals surface area contributed by atoms with Crippen molar-refractivity contribution in [3.8, 4) is 11.3 Å². The molecule has 204 valence electrons. The van der Waals surface area contributed by atoms with Gasteiger partial charge in [-0.3, -0.25) is 9.36 Å². The molecule has 0 bridgehead atoms. The standard InChI is InChI=1S/C27H24N5O5PS2/c1-14(2)15-8-10-17(11-9-15)40-27-29-20-23(32(27)25-21(33)22-19(36-25)13-35-38(39)37-22)30-26-28-18(12-31(26)24(20)34)16-6-4-3-5-7-16/h3-12,14,19,21-22,25,33H,13H2,1-2H3/p+1/t19?,21?,22-,25-/m1/s1. The van der Waals surface area contributed by atoms with Gasteiger partial charge in [-0.25, -0.2) is 9.38 Å². The quantitative estimate of drug-likeness (QED) is 0.278. The molecular formula is C27H25N5O5PS2+. The molecule has 5 aromatic rings. The van der Waals surface area contributed by atoms with Gasteiger partial charge in [0.2, 0.25) is 17.6 Å². The summed E-state index contributed by atoms with van der Waals surface area (Å²) < 4.78 is 20.6. The Kier molecular flexibility index (Phi) is 6.59. The maximum absolute atomic E-state index is 13.7. The van der Waals surface area contributed by atoms with Crippen molar-refractivity contribution < 1.29 is 18.9 Å². The Balaban J connectivity index is 1.38. The minimum Gasteiger partial charge on any atom is -0.385 e. The van der Waals surface area contributed by atoms with Crippen LogP contribution in [0.5, 0.6) is 0 Å². The van der Waals surface area contributed by atoms with E-state index in [4.69, 9.17) is 35.6 Å². The lowest BCUT2D eigenvalue weighted by molar-refractivity contribution is -0.0556. The number of ether oxygens (including phenoxy) is 1. The third-order valence-electron chi connectivity index (χ3n) is 7.18. The van der Waals surface area contributed by atoms with Gasteiger partial charge in [0.1, 0.15) is 18.8 Å². The predicted octanol–water partition coefficient (Wildman–Crippen LogP) is 4.76. The van der Waals surface area contributed by atoms with Gasteiger partial charge in [0.05, 0.1) is 5.69 Å². The zero-order valence-electron chi connectivity index (χ0n) is 21.5. The SMILES string of the molecule is CC(C)c1ccc(Sc2nc3c(=O)n4cc(-c5ccccc5)[nH]c4nc3n2[C@@H]2OC3CO[P+](=S)O[C@H]3C2O)cc1. The minimum atomic E-state index is -1.53. The monoisotopic (exact) mass is 594 g/mol. The van der Waals surface area contributed by atoms with Gasteiger partial charge < -0.3 is 14.8 Å². The molecule has 3 aromatic heterocycles. The topological polar surface area (TPSA) is 116 Å². The fraction of sp³-hybridized carbons (Fsp3) is 0.296. The number of aliphatic hydroxyl groups is 1. The van der Waals surface area contributed by atoms with Gasteiger partial charge in [0.15, 0.2) is 28.7 Å². The third-order valence-corrected chi connectivity index (χ3v) is 9.50. The Morgan fingerprint density at radius 3 is 2.67 bits per heavy atom. The van der Waals surface area contributed by atoms with E-state index in [1.165, 1.54) is 21.7 Å². The van der Waals surface area contributed by atoms with E-state index in [1.54, 1.807) is 10.8 Å². The van der Waals surface area contributed by atoms with E-state index in [9.17, 15) is 9.90 Å². The van der Waals surface area contributed by atoms with Crippen molar-refractivity contribution in [2.45, 2.75) is 54.4 Å². The molecule has 10 nitrogen and oxygen atoms in total. The summed E-state index contributed by atoms with van der Waals surface area (Å²) in [7, 11) is -1.53. The zero-order chi connectivity index (χ0) is 27.5. The predicted molar refractivity (Wildman–Crippen MR) is 154 cm³/mol. The Morgan fingerprint density at radius 2 is 1.93 bits per heavy atom. The second-order valence-electron chi connectivity index (χ2n) is 10.1. The molecule has 0 saturated carbocycles. The van der Waals surface area contributed by atoms with Crippen LogP contribution in [-0.4, -0.2) is 53.9 Å². The van der Waals surface area contributed by atoms with E-state index < -0.39 is 31.7 Å². The van der Waals surface area contributed by atoms with E-state index >= 15 is 0 Å². The van der Waals surface area contributed by atoms with Gasteiger partial charge in [0, 0.05) is 11.1 Å². The highest BCUT2D eigenvalue weighted by Crippen LogP contribution is 2.44. The van der Waals surface area contributed by atoms with Crippen LogP contribution < -0.4 is 5.56 Å². The first kappa shape index (κ1) is 26.0. The zero-order valence-corrected chi connectivity index (χ0v) is 24.0. The molecule has 13 heteroatoms. The average Bonchev–Trinajstić information content (AvgIpc) is 3.64. The molecule has 5 atom stereocenters. The van der Waals surface area contributed by atoms with Crippen molar-refractivity contribution in [3.05, 3.63) is 76.7 Å². The molecule has 0 spiro atoms. The number of rotatable bonds is 5. The number of aliphatic hydroxyl groups excluding tert-OH is 1. The summed E-state index contributed by atoms with van der Waals surface area (Å²) in [5, 5.41) is 11.8. The van der Waals surface area contributed by atoms with E-state index in [0.29, 0.717) is 22.5 Å². The lowest BCUT2D eigenvalue weighted by atomic mass is 10.0. The van der Waals surface area contributed by atoms with Gasteiger partial charge in [-0.05, 0) is 29.2 Å². The normalized spacial score (nSPS) is 23.9. The van der Waals surface area contributed by atoms with Gasteiger partial charge >= 0.3 is 7.15 Å². The molecule has 40 heavy (non-hydrogen) atoms. The molecule has 7 rings (SSSR count). The molecule has 0 radical (unpaired) electrons. The molecule has 3 unspecified atom stereocenters. The summed E-state index contributed by atoms with van der Waals surface area (Å²) in [5.41, 5.74) is 3.04. The number of imidazole rings is 2. The Labute approximate surface area is 238 Å². The summed E-state index contributed by atoms with van der Waals surface area (Å²) in [4.78, 5) is 27.5. The fourth-order valence-corrected chi connectivity index (χ4v) is 7.24. The highest BCUT2D eigenvalue weighted by molar-refractivity contribution is 8.00. The molecule has 2 fully saturated rings. The van der Waals surface area contributed by atoms with Crippen molar-refractivity contribution in [1.29, 1.82) is 0 Å². The molecule has 2 aromatic carbocycles. The van der Waals surface area contributed by atoms with Crippen molar-refractivity contribution in [1.82, 2.24) is 23.9 Å². The summed E-state index contributed by atoms with van der Waals surface area (Å²) in [5.74, 6) is 0.757. The van der Waals surface area contributed by atoms with Crippen LogP contribution in [0.1, 0.15) is 31.6 Å². The molecule has 5 heterocycles. The van der Waals surface area contributed by atoms with Crippen LogP contribution in [0, 0.1) is 0 Å². The molecule has 2 saturated heterocycles. The molecule has 2 N–H and O–H groups in total. The van der Waals surface area contributed by atoms with Crippen LogP contribution in [-0.2, 0) is 25.6 Å². The Bertz CT molecular complexity index is 1800. The number of nitrogens with zero attached hydrogens (tertiary/aromatic N) is 4. The minimum absolute atomic E-state index is 0.172. The van der Waals surface area contributed by atoms with Gasteiger partial charge in [-0.15, -0.1) is 9.05 Å². The van der Waals surface area contributed by atoms with Gasteiger partial charge in [0.25, 0.3) is 5.56 Å². The Morgan fingerprint density at radius 1 is 1.15 bits per heavy atom. The van der Waals surface area contributed by atoms with E-state index in [2.05, 4.69) is 31.0 Å². The van der Waals surface area contributed by atoms with E-state index in [1.807, 2.05) is 42.5 Å². The van der Waals surface area contributed by atoms with Gasteiger partial charge in [-0.2, -0.15) is 4.98 Å². The molecular weight excluding hydrogens is 569 g/mol. The second-order valence-corrected chi connectivity index (χ2v) is 12.9. The summed E-state index contributed by atoms with van der Waals surface area (Å²) >= 11 is 6.58. The number of aromatic nitrogens is 5. The van der Waals surface area contributed by atoms with Crippen LogP contribution in [0.15, 0.2) is 75.6 Å². The molecule has 2 aliphatic heterocycles. The smallest absolute Gasteiger partial charge is 0.385 e. The number of nitrogens with one attached hydrogen (secondary N) is 1. The van der Waals surface area contributed by atoms with Crippen molar-refractivity contribution in [2.75, 3.05) is 6.61 Å². The van der Waals surface area contributed by atoms with E-state index in [0.717, 1.165) is 16.2 Å². The van der Waals surface area contributed by atoms with E-state index in [-0.39, 0.29) is 17.7 Å². The number of aromatic amines is 1. The summed E-state index contributed by atoms with van der Waals surface area (Å²) in [6, 6.07) is 17.9. The summed E-state index contributed by atoms with van der Waals surface area (Å²) in [6.07, 6.45) is -1.41. The van der Waals surface area contributed by atoms with Gasteiger partial charge in [-0.1, -0.05) is 68.1 Å². The van der Waals surface area contributed by atoms with Crippen molar-refractivity contribution in [2.24, 2.45) is 0 Å². The lowest BCUT2D eigenvalue weighted by Gasteiger charge is -2.19. The highest BCUT2D eigenvalue weighted by atomic mass is 32.4. The maximum atomic E-state index is 13.7. The van der Waals surface area contributed by atoms with Crippen molar-refractivity contribution in [3.63, 3.8) is 0 Å². The molecule has 2 aliphatic rings. The van der Waals surface area contributed by atoms with Crippen LogP contribution in [0.25, 0.3) is 28.2 Å². The Hall–Kier alpha value is -2.96. The number of benzene rings is 2. The average molecular weight is 595 g/mol. The van der Waals surface area contributed by atoms with Crippen LogP contribution in [0.4, 0.5) is 0 Å². The van der Waals surface area contributed by atoms with Crippen LogP contribution in [0.2, 0.25) is 0 Å².